The number of carbonyl (C=O) groups excluding carboxylic acids is 1. The molecule has 0 fully saturated rings. The lowest BCUT2D eigenvalue weighted by Crippen LogP contribution is -2.09. The molecule has 0 aliphatic rings. The van der Waals surface area contributed by atoms with Crippen LogP contribution in [-0.4, -0.2) is 18.0 Å². The SMILES string of the molecule is Br.COc1ccc(F)cc1-c1csc(-c2ccc(NC(=O)c3cccs3)cc2)n1. The molecule has 0 aliphatic carbocycles. The van der Waals surface area contributed by atoms with E-state index in [4.69, 9.17) is 4.74 Å². The van der Waals surface area contributed by atoms with Crippen LogP contribution in [-0.2, 0) is 0 Å². The average molecular weight is 491 g/mol. The molecular weight excluding hydrogens is 475 g/mol. The largest absolute Gasteiger partial charge is 0.496 e. The van der Waals surface area contributed by atoms with E-state index in [2.05, 4.69) is 10.3 Å². The van der Waals surface area contributed by atoms with Crippen molar-refractivity contribution in [1.82, 2.24) is 4.98 Å². The quantitative estimate of drug-likeness (QED) is 0.346. The summed E-state index contributed by atoms with van der Waals surface area (Å²) in [6.45, 7) is 0. The van der Waals surface area contributed by atoms with Gasteiger partial charge in [-0.15, -0.1) is 39.7 Å². The molecule has 4 aromatic rings. The molecule has 0 radical (unpaired) electrons. The highest BCUT2D eigenvalue weighted by Gasteiger charge is 2.13. The van der Waals surface area contributed by atoms with Crippen molar-refractivity contribution in [1.29, 1.82) is 0 Å². The number of aromatic nitrogens is 1. The van der Waals surface area contributed by atoms with Crippen LogP contribution in [0.2, 0.25) is 0 Å². The summed E-state index contributed by atoms with van der Waals surface area (Å²) in [5.74, 6) is 0.110. The second-order valence-electron chi connectivity index (χ2n) is 5.89. The molecule has 0 unspecified atom stereocenters. The first-order valence-corrected chi connectivity index (χ1v) is 10.1. The molecule has 0 saturated carbocycles. The van der Waals surface area contributed by atoms with E-state index >= 15 is 0 Å². The van der Waals surface area contributed by atoms with Crippen molar-refractivity contribution in [3.8, 4) is 27.6 Å². The lowest BCUT2D eigenvalue weighted by atomic mass is 10.1. The third kappa shape index (κ3) is 4.72. The van der Waals surface area contributed by atoms with E-state index in [1.54, 1.807) is 19.2 Å². The molecule has 1 amide bonds. The summed E-state index contributed by atoms with van der Waals surface area (Å²) in [4.78, 5) is 17.4. The molecule has 2 aromatic heterocycles. The summed E-state index contributed by atoms with van der Waals surface area (Å²) in [6.07, 6.45) is 0. The first-order valence-electron chi connectivity index (χ1n) is 8.39. The topological polar surface area (TPSA) is 51.2 Å². The van der Waals surface area contributed by atoms with Crippen LogP contribution in [0.15, 0.2) is 65.4 Å². The minimum absolute atomic E-state index is 0. The van der Waals surface area contributed by atoms with Gasteiger partial charge in [0.05, 0.1) is 17.7 Å². The fourth-order valence-electron chi connectivity index (χ4n) is 2.71. The maximum Gasteiger partial charge on any atom is 0.265 e. The average Bonchev–Trinajstić information content (AvgIpc) is 3.41. The summed E-state index contributed by atoms with van der Waals surface area (Å²) >= 11 is 2.86. The molecule has 2 heterocycles. The molecule has 1 N–H and O–H groups in total. The number of hydrogen-bond acceptors (Lipinski definition) is 5. The monoisotopic (exact) mass is 490 g/mol. The fourth-order valence-corrected chi connectivity index (χ4v) is 4.15. The van der Waals surface area contributed by atoms with E-state index in [0.717, 1.165) is 10.6 Å². The number of nitrogens with one attached hydrogen (secondary N) is 1. The molecule has 0 atom stereocenters. The van der Waals surface area contributed by atoms with Crippen molar-refractivity contribution in [3.05, 3.63) is 76.1 Å². The number of methoxy groups -OCH3 is 1. The van der Waals surface area contributed by atoms with Crippen LogP contribution in [0.5, 0.6) is 5.75 Å². The van der Waals surface area contributed by atoms with Crippen LogP contribution in [0, 0.1) is 5.82 Å². The van der Waals surface area contributed by atoms with Gasteiger partial charge in [0.15, 0.2) is 0 Å². The molecule has 148 valence electrons. The zero-order valence-electron chi connectivity index (χ0n) is 15.2. The van der Waals surface area contributed by atoms with E-state index in [0.29, 0.717) is 27.6 Å². The van der Waals surface area contributed by atoms with Gasteiger partial charge in [-0.25, -0.2) is 9.37 Å². The number of hydrogen-bond donors (Lipinski definition) is 1. The van der Waals surface area contributed by atoms with Crippen molar-refractivity contribution < 1.29 is 13.9 Å². The van der Waals surface area contributed by atoms with Gasteiger partial charge in [0.2, 0.25) is 0 Å². The number of thiophene rings is 1. The number of thiazole rings is 1. The molecule has 4 nitrogen and oxygen atoms in total. The Morgan fingerprint density at radius 2 is 1.90 bits per heavy atom. The fraction of sp³-hybridized carbons (Fsp3) is 0.0476. The van der Waals surface area contributed by atoms with E-state index in [1.807, 2.05) is 41.1 Å². The van der Waals surface area contributed by atoms with E-state index in [-0.39, 0.29) is 28.7 Å². The zero-order chi connectivity index (χ0) is 19.5. The van der Waals surface area contributed by atoms with Crippen molar-refractivity contribution in [3.63, 3.8) is 0 Å². The summed E-state index contributed by atoms with van der Waals surface area (Å²) in [5.41, 5.74) is 2.91. The molecule has 2 aromatic carbocycles. The second kappa shape index (κ2) is 9.30. The van der Waals surface area contributed by atoms with Crippen LogP contribution >= 0.6 is 39.7 Å². The zero-order valence-corrected chi connectivity index (χ0v) is 18.6. The van der Waals surface area contributed by atoms with Gasteiger partial charge in [0, 0.05) is 22.2 Å². The van der Waals surface area contributed by atoms with Crippen molar-refractivity contribution >= 4 is 51.2 Å². The van der Waals surface area contributed by atoms with Gasteiger partial charge < -0.3 is 10.1 Å². The highest BCUT2D eigenvalue weighted by Crippen LogP contribution is 2.34. The molecule has 0 saturated heterocycles. The van der Waals surface area contributed by atoms with Crippen molar-refractivity contribution in [2.24, 2.45) is 0 Å². The van der Waals surface area contributed by atoms with Gasteiger partial charge in [0.1, 0.15) is 16.6 Å². The molecular formula is C21H16BrFN2O2S2. The normalized spacial score (nSPS) is 10.3. The summed E-state index contributed by atoms with van der Waals surface area (Å²) in [7, 11) is 1.55. The van der Waals surface area contributed by atoms with Gasteiger partial charge in [0.25, 0.3) is 5.91 Å². The number of nitrogens with zero attached hydrogens (tertiary/aromatic N) is 1. The van der Waals surface area contributed by atoms with Crippen molar-refractivity contribution in [2.75, 3.05) is 12.4 Å². The first kappa shape index (κ1) is 21.2. The van der Waals surface area contributed by atoms with Crippen LogP contribution < -0.4 is 10.1 Å². The molecule has 29 heavy (non-hydrogen) atoms. The molecule has 0 bridgehead atoms. The number of ether oxygens (including phenoxy) is 1. The number of amides is 1. The van der Waals surface area contributed by atoms with Gasteiger partial charge >= 0.3 is 0 Å². The standard InChI is InChI=1S/C21H15FN2O2S2.BrH/c1-26-18-9-6-14(22)11-16(18)17-12-28-21(24-17)13-4-7-15(8-5-13)23-20(25)19-3-2-10-27-19;/h2-12H,1H3,(H,23,25);1H. The number of anilines is 1. The van der Waals surface area contributed by atoms with Gasteiger partial charge in [-0.1, -0.05) is 6.07 Å². The number of halogens is 2. The summed E-state index contributed by atoms with van der Waals surface area (Å²) < 4.78 is 18.9. The Kier molecular flexibility index (Phi) is 6.79. The Balaban J connectivity index is 0.00000240. The second-order valence-corrected chi connectivity index (χ2v) is 7.70. The minimum Gasteiger partial charge on any atom is -0.496 e. The first-order chi connectivity index (χ1) is 13.6. The Hall–Kier alpha value is -2.55. The van der Waals surface area contributed by atoms with Gasteiger partial charge in [-0.3, -0.25) is 4.79 Å². The van der Waals surface area contributed by atoms with E-state index < -0.39 is 0 Å². The Morgan fingerprint density at radius 3 is 2.59 bits per heavy atom. The van der Waals surface area contributed by atoms with E-state index in [9.17, 15) is 9.18 Å². The van der Waals surface area contributed by atoms with Gasteiger partial charge in [-0.05, 0) is 53.9 Å². The summed E-state index contributed by atoms with van der Waals surface area (Å²) in [5, 5.41) is 7.42. The molecule has 8 heteroatoms. The van der Waals surface area contributed by atoms with Crippen LogP contribution in [0.4, 0.5) is 10.1 Å². The Morgan fingerprint density at radius 1 is 1.10 bits per heavy atom. The van der Waals surface area contributed by atoms with Crippen LogP contribution in [0.3, 0.4) is 0 Å². The predicted molar refractivity (Wildman–Crippen MR) is 122 cm³/mol. The highest BCUT2D eigenvalue weighted by molar-refractivity contribution is 8.93. The van der Waals surface area contributed by atoms with Crippen molar-refractivity contribution in [2.45, 2.75) is 0 Å². The highest BCUT2D eigenvalue weighted by atomic mass is 79.9. The summed E-state index contributed by atoms with van der Waals surface area (Å²) in [6, 6.07) is 15.5. The molecule has 4 rings (SSSR count). The number of benzene rings is 2. The number of rotatable bonds is 5. The minimum atomic E-state index is -0.337. The Labute approximate surface area is 185 Å². The lowest BCUT2D eigenvalue weighted by molar-refractivity contribution is 0.103. The van der Waals surface area contributed by atoms with E-state index in [1.165, 1.54) is 34.8 Å². The molecule has 0 aliphatic heterocycles. The number of carbonyl (C=O) groups is 1. The van der Waals surface area contributed by atoms with Crippen LogP contribution in [0.1, 0.15) is 9.67 Å². The maximum atomic E-state index is 13.6. The molecule has 0 spiro atoms. The smallest absolute Gasteiger partial charge is 0.265 e. The predicted octanol–water partition coefficient (Wildman–Crippen LogP) is 6.52. The Bertz CT molecular complexity index is 1110. The van der Waals surface area contributed by atoms with Crippen LogP contribution in [0.25, 0.3) is 21.8 Å². The van der Waals surface area contributed by atoms with Gasteiger partial charge in [-0.2, -0.15) is 0 Å². The third-order valence-electron chi connectivity index (χ3n) is 4.08. The lowest BCUT2D eigenvalue weighted by Gasteiger charge is -2.06. The maximum absolute atomic E-state index is 13.6. The third-order valence-corrected chi connectivity index (χ3v) is 5.84.